The number of benzene rings is 3. The van der Waals surface area contributed by atoms with Crippen molar-refractivity contribution in [3.05, 3.63) is 108 Å². The molecule has 0 spiro atoms. The average Bonchev–Trinajstić information content (AvgIpc) is 2.79. The summed E-state index contributed by atoms with van der Waals surface area (Å²) in [5.41, 5.74) is 1.86. The van der Waals surface area contributed by atoms with Crippen LogP contribution in [0.5, 0.6) is 0 Å². The van der Waals surface area contributed by atoms with Crippen molar-refractivity contribution in [3.63, 3.8) is 0 Å². The van der Waals surface area contributed by atoms with Crippen LogP contribution in [-0.2, 0) is 20.8 Å². The first-order valence-electron chi connectivity index (χ1n) is 9.32. The molecule has 0 aliphatic heterocycles. The van der Waals surface area contributed by atoms with Crippen LogP contribution in [0.15, 0.2) is 91.0 Å². The second kappa shape index (κ2) is 10.8. The van der Waals surface area contributed by atoms with Gasteiger partial charge in [0.1, 0.15) is 6.61 Å². The van der Waals surface area contributed by atoms with E-state index in [1.165, 1.54) is 0 Å². The maximum atomic E-state index is 12.4. The number of ether oxygens (including phenoxy) is 3. The van der Waals surface area contributed by atoms with Crippen LogP contribution in [0, 0.1) is 0 Å². The molecule has 0 fully saturated rings. The Morgan fingerprint density at radius 2 is 1.17 bits per heavy atom. The summed E-state index contributed by atoms with van der Waals surface area (Å²) in [7, 11) is 0. The highest BCUT2D eigenvalue weighted by molar-refractivity contribution is 5.90. The van der Waals surface area contributed by atoms with Crippen LogP contribution in [-0.4, -0.2) is 31.3 Å². The third-order valence-corrected chi connectivity index (χ3v) is 4.11. The van der Waals surface area contributed by atoms with Crippen LogP contribution >= 0.6 is 0 Å². The van der Waals surface area contributed by atoms with E-state index in [1.54, 1.807) is 48.5 Å². The van der Waals surface area contributed by atoms with Crippen LogP contribution in [0.1, 0.15) is 26.3 Å². The van der Waals surface area contributed by atoms with Gasteiger partial charge in [0.2, 0.25) is 0 Å². The largest absolute Gasteiger partial charge is 0.458 e. The van der Waals surface area contributed by atoms with Crippen LogP contribution in [0.25, 0.3) is 0 Å². The topological polar surface area (TPSA) is 61.8 Å². The van der Waals surface area contributed by atoms with Crippen molar-refractivity contribution in [2.24, 2.45) is 0 Å². The smallest absolute Gasteiger partial charge is 0.338 e. The Bertz CT molecular complexity index is 894. The lowest BCUT2D eigenvalue weighted by atomic mass is 10.2. The molecule has 0 saturated carbocycles. The van der Waals surface area contributed by atoms with Gasteiger partial charge < -0.3 is 14.2 Å². The fourth-order valence-electron chi connectivity index (χ4n) is 2.62. The molecular weight excluding hydrogens is 368 g/mol. The van der Waals surface area contributed by atoms with Crippen molar-refractivity contribution >= 4 is 11.9 Å². The van der Waals surface area contributed by atoms with Gasteiger partial charge >= 0.3 is 11.9 Å². The number of esters is 2. The number of rotatable bonds is 9. The Kier molecular flexibility index (Phi) is 7.55. The second-order valence-electron chi connectivity index (χ2n) is 6.36. The van der Waals surface area contributed by atoms with E-state index in [1.807, 2.05) is 42.5 Å². The number of hydrogen-bond acceptors (Lipinski definition) is 5. The Balaban J connectivity index is 1.58. The molecule has 0 aliphatic carbocycles. The molecule has 148 valence electrons. The fourth-order valence-corrected chi connectivity index (χ4v) is 2.62. The lowest BCUT2D eigenvalue weighted by molar-refractivity contribution is -0.0353. The minimum atomic E-state index is -0.723. The molecule has 0 aromatic heterocycles. The van der Waals surface area contributed by atoms with Gasteiger partial charge in [0.05, 0.1) is 24.3 Å². The molecule has 0 unspecified atom stereocenters. The molecule has 5 nitrogen and oxygen atoms in total. The maximum Gasteiger partial charge on any atom is 0.338 e. The Hall–Kier alpha value is -3.44. The fraction of sp³-hybridized carbons (Fsp3) is 0.167. The summed E-state index contributed by atoms with van der Waals surface area (Å²) in [5, 5.41) is 0. The molecule has 1 atom stereocenters. The van der Waals surface area contributed by atoms with Crippen molar-refractivity contribution in [2.45, 2.75) is 12.7 Å². The number of hydrogen-bond donors (Lipinski definition) is 0. The quantitative estimate of drug-likeness (QED) is 0.510. The van der Waals surface area contributed by atoms with Gasteiger partial charge in [0.15, 0.2) is 6.10 Å². The summed E-state index contributed by atoms with van der Waals surface area (Å²) < 4.78 is 16.5. The van der Waals surface area contributed by atoms with Crippen molar-refractivity contribution in [2.75, 3.05) is 13.2 Å². The van der Waals surface area contributed by atoms with Crippen LogP contribution < -0.4 is 0 Å². The van der Waals surface area contributed by atoms with E-state index in [2.05, 4.69) is 0 Å². The first-order valence-corrected chi connectivity index (χ1v) is 9.32. The van der Waals surface area contributed by atoms with E-state index < -0.39 is 18.0 Å². The van der Waals surface area contributed by atoms with Crippen molar-refractivity contribution in [3.8, 4) is 0 Å². The van der Waals surface area contributed by atoms with Gasteiger partial charge in [0, 0.05) is 0 Å². The lowest BCUT2D eigenvalue weighted by Gasteiger charge is -2.18. The molecule has 5 heteroatoms. The summed E-state index contributed by atoms with van der Waals surface area (Å²) in [4.78, 5) is 24.6. The van der Waals surface area contributed by atoms with Crippen molar-refractivity contribution < 1.29 is 23.8 Å². The second-order valence-corrected chi connectivity index (χ2v) is 6.36. The van der Waals surface area contributed by atoms with Crippen LogP contribution in [0.2, 0.25) is 0 Å². The molecule has 29 heavy (non-hydrogen) atoms. The maximum absolute atomic E-state index is 12.4. The average molecular weight is 390 g/mol. The third kappa shape index (κ3) is 6.59. The SMILES string of the molecule is O=C(OC[C@H](COCc1ccccc1)OC(=O)c1ccccc1)c1ccccc1. The molecule has 0 amide bonds. The summed E-state index contributed by atoms with van der Waals surface area (Å²) in [6.07, 6.45) is -0.723. The molecule has 0 N–H and O–H groups in total. The lowest BCUT2D eigenvalue weighted by Crippen LogP contribution is -2.30. The Morgan fingerprint density at radius 3 is 1.76 bits per heavy atom. The van der Waals surface area contributed by atoms with Gasteiger partial charge in [-0.3, -0.25) is 0 Å². The van der Waals surface area contributed by atoms with Crippen molar-refractivity contribution in [1.82, 2.24) is 0 Å². The van der Waals surface area contributed by atoms with E-state index in [0.717, 1.165) is 5.56 Å². The Labute approximate surface area is 169 Å². The van der Waals surface area contributed by atoms with E-state index in [9.17, 15) is 9.59 Å². The van der Waals surface area contributed by atoms with E-state index in [-0.39, 0.29) is 13.2 Å². The van der Waals surface area contributed by atoms with Crippen LogP contribution in [0.4, 0.5) is 0 Å². The predicted molar refractivity (Wildman–Crippen MR) is 108 cm³/mol. The molecule has 3 aromatic rings. The summed E-state index contributed by atoms with van der Waals surface area (Å²) >= 11 is 0. The van der Waals surface area contributed by atoms with Crippen LogP contribution in [0.3, 0.4) is 0 Å². The Morgan fingerprint density at radius 1 is 0.655 bits per heavy atom. The van der Waals surface area contributed by atoms with Gasteiger partial charge in [-0.05, 0) is 29.8 Å². The minimum absolute atomic E-state index is 0.0961. The molecule has 3 rings (SSSR count). The van der Waals surface area contributed by atoms with Crippen molar-refractivity contribution in [1.29, 1.82) is 0 Å². The predicted octanol–water partition coefficient (Wildman–Crippen LogP) is 4.29. The number of carbonyl (C=O) groups excluding carboxylic acids is 2. The molecule has 0 heterocycles. The third-order valence-electron chi connectivity index (χ3n) is 4.11. The molecule has 0 radical (unpaired) electrons. The molecule has 0 bridgehead atoms. The van der Waals surface area contributed by atoms with Gasteiger partial charge in [-0.2, -0.15) is 0 Å². The summed E-state index contributed by atoms with van der Waals surface area (Å²) in [6.45, 7) is 0.378. The first-order chi connectivity index (χ1) is 14.2. The number of carbonyl (C=O) groups is 2. The zero-order valence-electron chi connectivity index (χ0n) is 15.9. The zero-order chi connectivity index (χ0) is 20.3. The monoisotopic (exact) mass is 390 g/mol. The summed E-state index contributed by atoms with van der Waals surface area (Å²) in [5.74, 6) is -0.968. The van der Waals surface area contributed by atoms with Gasteiger partial charge in [-0.1, -0.05) is 66.7 Å². The summed E-state index contributed by atoms with van der Waals surface area (Å²) in [6, 6.07) is 27.0. The molecule has 0 aliphatic rings. The normalized spacial score (nSPS) is 11.4. The molecule has 0 saturated heterocycles. The van der Waals surface area contributed by atoms with Gasteiger partial charge in [-0.15, -0.1) is 0 Å². The van der Waals surface area contributed by atoms with Gasteiger partial charge in [0.25, 0.3) is 0 Å². The highest BCUT2D eigenvalue weighted by Crippen LogP contribution is 2.09. The van der Waals surface area contributed by atoms with E-state index in [4.69, 9.17) is 14.2 Å². The zero-order valence-corrected chi connectivity index (χ0v) is 15.9. The molecular formula is C24H22O5. The minimum Gasteiger partial charge on any atom is -0.458 e. The highest BCUT2D eigenvalue weighted by Gasteiger charge is 2.19. The van der Waals surface area contributed by atoms with Gasteiger partial charge in [-0.25, -0.2) is 9.59 Å². The van der Waals surface area contributed by atoms with E-state index in [0.29, 0.717) is 17.7 Å². The standard InChI is InChI=1S/C24H22O5/c25-23(20-12-6-2-7-13-20)28-18-22(17-27-16-19-10-4-1-5-11-19)29-24(26)21-14-8-3-9-15-21/h1-15,22H,16-18H2/t22-/m0/s1. The molecule has 3 aromatic carbocycles. The first kappa shape index (κ1) is 20.3. The highest BCUT2D eigenvalue weighted by atomic mass is 16.6. The van der Waals surface area contributed by atoms with E-state index >= 15 is 0 Å².